The largest absolute Gasteiger partial charge is 0.228 e. The molecule has 0 amide bonds. The van der Waals surface area contributed by atoms with Gasteiger partial charge in [0.2, 0.25) is 0 Å². The van der Waals surface area contributed by atoms with E-state index in [1.807, 2.05) is 19.1 Å². The quantitative estimate of drug-likeness (QED) is 0.548. The van der Waals surface area contributed by atoms with E-state index in [-0.39, 0.29) is 0 Å². The lowest BCUT2D eigenvalue weighted by molar-refractivity contribution is 1.21. The number of nitrogens with zero attached hydrogens (tertiary/aromatic N) is 2. The SMILES string of the molecule is Cc1cscc1-c1nc(Cl)c2cc(Br)cc(C)c2n1. The number of benzene rings is 1. The van der Waals surface area contributed by atoms with E-state index in [4.69, 9.17) is 11.6 Å². The maximum atomic E-state index is 6.31. The highest BCUT2D eigenvalue weighted by Crippen LogP contribution is 2.31. The van der Waals surface area contributed by atoms with E-state index in [1.54, 1.807) is 11.3 Å². The van der Waals surface area contributed by atoms with Crippen molar-refractivity contribution >= 4 is 49.8 Å². The fourth-order valence-corrected chi connectivity index (χ4v) is 3.66. The highest BCUT2D eigenvalue weighted by molar-refractivity contribution is 9.10. The van der Waals surface area contributed by atoms with Gasteiger partial charge < -0.3 is 0 Å². The maximum Gasteiger partial charge on any atom is 0.162 e. The Morgan fingerprint density at radius 2 is 1.89 bits per heavy atom. The van der Waals surface area contributed by atoms with E-state index in [0.29, 0.717) is 11.0 Å². The third-order valence-electron chi connectivity index (χ3n) is 3.01. The van der Waals surface area contributed by atoms with Gasteiger partial charge in [0.05, 0.1) is 5.52 Å². The number of aromatic nitrogens is 2. The van der Waals surface area contributed by atoms with E-state index < -0.39 is 0 Å². The van der Waals surface area contributed by atoms with Gasteiger partial charge >= 0.3 is 0 Å². The Bertz CT molecular complexity index is 782. The Morgan fingerprint density at radius 1 is 1.11 bits per heavy atom. The number of halogens is 2. The summed E-state index contributed by atoms with van der Waals surface area (Å²) in [5.41, 5.74) is 4.22. The van der Waals surface area contributed by atoms with Gasteiger partial charge in [0.15, 0.2) is 5.82 Å². The fourth-order valence-electron chi connectivity index (χ4n) is 2.04. The van der Waals surface area contributed by atoms with Crippen LogP contribution in [0.1, 0.15) is 11.1 Å². The molecule has 0 radical (unpaired) electrons. The molecule has 19 heavy (non-hydrogen) atoms. The highest BCUT2D eigenvalue weighted by atomic mass is 79.9. The first-order valence-corrected chi connectivity index (χ1v) is 7.84. The molecule has 0 unspecified atom stereocenters. The standard InChI is InChI=1S/C14H10BrClN2S/c1-7-3-9(15)4-10-12(7)17-14(18-13(10)16)11-6-19-5-8(11)2/h3-6H,1-2H3. The molecule has 0 saturated heterocycles. The van der Waals surface area contributed by atoms with Crippen LogP contribution in [0.4, 0.5) is 0 Å². The smallest absolute Gasteiger partial charge is 0.162 e. The molecule has 0 spiro atoms. The molecule has 1 aromatic carbocycles. The molecule has 2 nitrogen and oxygen atoms in total. The molecule has 0 N–H and O–H groups in total. The van der Waals surface area contributed by atoms with Crippen molar-refractivity contribution in [1.29, 1.82) is 0 Å². The Hall–Kier alpha value is -0.970. The molecule has 0 bridgehead atoms. The van der Waals surface area contributed by atoms with E-state index >= 15 is 0 Å². The van der Waals surface area contributed by atoms with E-state index in [9.17, 15) is 0 Å². The number of fused-ring (bicyclic) bond motifs is 1. The minimum absolute atomic E-state index is 0.495. The van der Waals surface area contributed by atoms with Crippen LogP contribution in [0, 0.1) is 13.8 Å². The summed E-state index contributed by atoms with van der Waals surface area (Å²) in [4.78, 5) is 9.10. The van der Waals surface area contributed by atoms with Crippen LogP contribution in [0.2, 0.25) is 5.15 Å². The Kier molecular flexibility index (Phi) is 3.33. The van der Waals surface area contributed by atoms with Crippen molar-refractivity contribution in [3.63, 3.8) is 0 Å². The summed E-state index contributed by atoms with van der Waals surface area (Å²) >= 11 is 11.4. The molecular formula is C14H10BrClN2S. The van der Waals surface area contributed by atoms with Crippen LogP contribution in [0.5, 0.6) is 0 Å². The lowest BCUT2D eigenvalue weighted by Crippen LogP contribution is -1.94. The molecule has 0 aliphatic carbocycles. The van der Waals surface area contributed by atoms with Crippen LogP contribution in [0.25, 0.3) is 22.3 Å². The van der Waals surface area contributed by atoms with Gasteiger partial charge in [-0.15, -0.1) is 0 Å². The van der Waals surface area contributed by atoms with Gasteiger partial charge in [0, 0.05) is 20.8 Å². The third-order valence-corrected chi connectivity index (χ3v) is 4.61. The van der Waals surface area contributed by atoms with Crippen LogP contribution in [0.3, 0.4) is 0 Å². The molecule has 0 atom stereocenters. The van der Waals surface area contributed by atoms with Crippen LogP contribution in [-0.4, -0.2) is 9.97 Å². The average Bonchev–Trinajstić information content (AvgIpc) is 2.76. The molecular weight excluding hydrogens is 344 g/mol. The van der Waals surface area contributed by atoms with Gasteiger partial charge in [-0.3, -0.25) is 0 Å². The second-order valence-electron chi connectivity index (χ2n) is 4.43. The predicted octanol–water partition coefficient (Wildman–Crippen LogP) is 5.39. The number of aryl methyl sites for hydroxylation is 2. The lowest BCUT2D eigenvalue weighted by atomic mass is 10.1. The molecule has 3 rings (SSSR count). The summed E-state index contributed by atoms with van der Waals surface area (Å²) in [6, 6.07) is 3.99. The second kappa shape index (κ2) is 4.85. The number of rotatable bonds is 1. The second-order valence-corrected chi connectivity index (χ2v) is 6.44. The Labute approximate surface area is 128 Å². The first-order chi connectivity index (χ1) is 9.06. The number of thiophene rings is 1. The minimum Gasteiger partial charge on any atom is -0.228 e. The first-order valence-electron chi connectivity index (χ1n) is 5.73. The normalized spacial score (nSPS) is 11.2. The molecule has 0 aliphatic rings. The first kappa shape index (κ1) is 13.0. The van der Waals surface area contributed by atoms with Gasteiger partial charge in [0.1, 0.15) is 5.15 Å². The van der Waals surface area contributed by atoms with Crippen molar-refractivity contribution in [2.75, 3.05) is 0 Å². The van der Waals surface area contributed by atoms with Crippen LogP contribution < -0.4 is 0 Å². The van der Waals surface area contributed by atoms with Crippen molar-refractivity contribution < 1.29 is 0 Å². The van der Waals surface area contributed by atoms with Gasteiger partial charge in [-0.1, -0.05) is 27.5 Å². The average molecular weight is 354 g/mol. The zero-order valence-corrected chi connectivity index (χ0v) is 13.5. The molecule has 2 aromatic heterocycles. The molecule has 0 fully saturated rings. The zero-order chi connectivity index (χ0) is 13.6. The molecule has 96 valence electrons. The van der Waals surface area contributed by atoms with Gasteiger partial charge in [-0.25, -0.2) is 9.97 Å². The summed E-state index contributed by atoms with van der Waals surface area (Å²) < 4.78 is 0.988. The molecule has 2 heterocycles. The lowest BCUT2D eigenvalue weighted by Gasteiger charge is -2.07. The predicted molar refractivity (Wildman–Crippen MR) is 85.0 cm³/mol. The summed E-state index contributed by atoms with van der Waals surface area (Å²) in [6.45, 7) is 4.09. The van der Waals surface area contributed by atoms with Crippen LogP contribution >= 0.6 is 38.9 Å². The molecule has 3 aromatic rings. The van der Waals surface area contributed by atoms with Gasteiger partial charge in [-0.2, -0.15) is 11.3 Å². The summed E-state index contributed by atoms with van der Waals surface area (Å²) in [7, 11) is 0. The third kappa shape index (κ3) is 2.29. The van der Waals surface area contributed by atoms with Crippen LogP contribution in [0.15, 0.2) is 27.4 Å². The highest BCUT2D eigenvalue weighted by Gasteiger charge is 2.12. The molecule has 5 heteroatoms. The Balaban J connectivity index is 2.34. The topological polar surface area (TPSA) is 25.8 Å². The van der Waals surface area contributed by atoms with E-state index in [1.165, 1.54) is 5.56 Å². The Morgan fingerprint density at radius 3 is 2.58 bits per heavy atom. The minimum atomic E-state index is 0.495. The van der Waals surface area contributed by atoms with E-state index in [2.05, 4.69) is 43.6 Å². The summed E-state index contributed by atoms with van der Waals surface area (Å²) in [6.07, 6.45) is 0. The van der Waals surface area contributed by atoms with Crippen LogP contribution in [-0.2, 0) is 0 Å². The van der Waals surface area contributed by atoms with Crippen molar-refractivity contribution in [2.24, 2.45) is 0 Å². The maximum absolute atomic E-state index is 6.31. The van der Waals surface area contributed by atoms with Gasteiger partial charge in [0.25, 0.3) is 0 Å². The zero-order valence-electron chi connectivity index (χ0n) is 10.4. The van der Waals surface area contributed by atoms with Crippen molar-refractivity contribution in [3.05, 3.63) is 43.6 Å². The molecule has 0 saturated carbocycles. The molecule has 0 aliphatic heterocycles. The fraction of sp³-hybridized carbons (Fsp3) is 0.143. The van der Waals surface area contributed by atoms with Crippen molar-refractivity contribution in [2.45, 2.75) is 13.8 Å². The number of hydrogen-bond donors (Lipinski definition) is 0. The van der Waals surface area contributed by atoms with Crippen molar-refractivity contribution in [3.8, 4) is 11.4 Å². The van der Waals surface area contributed by atoms with E-state index in [0.717, 1.165) is 26.5 Å². The van der Waals surface area contributed by atoms with Gasteiger partial charge in [-0.05, 0) is 42.5 Å². The van der Waals surface area contributed by atoms with Crippen molar-refractivity contribution in [1.82, 2.24) is 9.97 Å². The summed E-state index contributed by atoms with van der Waals surface area (Å²) in [5, 5.41) is 5.52. The monoisotopic (exact) mass is 352 g/mol. The number of hydrogen-bond acceptors (Lipinski definition) is 3. The summed E-state index contributed by atoms with van der Waals surface area (Å²) in [5.74, 6) is 0.696.